The van der Waals surface area contributed by atoms with E-state index < -0.39 is 10.8 Å². The van der Waals surface area contributed by atoms with E-state index >= 15 is 0 Å². The smallest absolute Gasteiger partial charge is 0.0388 e. The lowest BCUT2D eigenvalue weighted by Crippen LogP contribution is -2.46. The minimum absolute atomic E-state index is 0.452. The van der Waals surface area contributed by atoms with Gasteiger partial charge in [0.25, 0.3) is 0 Å². The molecule has 1 aliphatic rings. The normalized spacial score (nSPS) is 34.0. The summed E-state index contributed by atoms with van der Waals surface area (Å²) in [6, 6.07) is 0.452. The summed E-state index contributed by atoms with van der Waals surface area (Å²) < 4.78 is 11.1. The van der Waals surface area contributed by atoms with Crippen LogP contribution in [-0.2, 0) is 10.8 Å². The molecule has 2 unspecified atom stereocenters. The number of nitrogens with two attached hydrogens (primary N) is 1. The Labute approximate surface area is 70.4 Å². The van der Waals surface area contributed by atoms with Gasteiger partial charge in [-0.25, -0.2) is 0 Å². The van der Waals surface area contributed by atoms with Crippen molar-refractivity contribution in [2.45, 2.75) is 13.0 Å². The molecule has 1 aliphatic heterocycles. The van der Waals surface area contributed by atoms with Crippen molar-refractivity contribution in [3.8, 4) is 0 Å². The Bertz CT molecular complexity index is 151. The molecule has 0 saturated carbocycles. The van der Waals surface area contributed by atoms with Crippen molar-refractivity contribution in [3.63, 3.8) is 0 Å². The van der Waals surface area contributed by atoms with Gasteiger partial charge in [0.05, 0.1) is 0 Å². The molecule has 0 spiro atoms. The first-order valence-electron chi connectivity index (χ1n) is 4.03. The standard InChI is InChI=1S/C7H16N2OS/c1-7-6-11(10)5-4-9(7)3-2-8/h7H,2-6,8H2,1H3. The quantitative estimate of drug-likeness (QED) is 0.611. The number of hydrogen-bond acceptors (Lipinski definition) is 3. The van der Waals surface area contributed by atoms with E-state index in [-0.39, 0.29) is 0 Å². The van der Waals surface area contributed by atoms with Crippen LogP contribution < -0.4 is 5.73 Å². The summed E-state index contributed by atoms with van der Waals surface area (Å²) in [4.78, 5) is 2.31. The summed E-state index contributed by atoms with van der Waals surface area (Å²) in [6.07, 6.45) is 0. The lowest BCUT2D eigenvalue weighted by molar-refractivity contribution is 0.236. The number of nitrogens with zero attached hydrogens (tertiary/aromatic N) is 1. The Balaban J connectivity index is 2.37. The van der Waals surface area contributed by atoms with Crippen molar-refractivity contribution < 1.29 is 4.21 Å². The molecular formula is C7H16N2OS. The summed E-state index contributed by atoms with van der Waals surface area (Å²) in [7, 11) is -0.577. The van der Waals surface area contributed by atoms with Crippen LogP contribution in [0.3, 0.4) is 0 Å². The van der Waals surface area contributed by atoms with Crippen LogP contribution in [-0.4, -0.2) is 46.3 Å². The van der Waals surface area contributed by atoms with E-state index in [2.05, 4.69) is 11.8 Å². The fraction of sp³-hybridized carbons (Fsp3) is 1.00. The maximum atomic E-state index is 11.1. The molecule has 0 radical (unpaired) electrons. The Morgan fingerprint density at radius 3 is 3.00 bits per heavy atom. The van der Waals surface area contributed by atoms with Crippen molar-refractivity contribution in [2.75, 3.05) is 31.1 Å². The third-order valence-corrected chi connectivity index (χ3v) is 3.57. The highest BCUT2D eigenvalue weighted by Crippen LogP contribution is 2.06. The SMILES string of the molecule is CC1CS(=O)CCN1CCN. The first-order valence-corrected chi connectivity index (χ1v) is 5.52. The fourth-order valence-corrected chi connectivity index (χ4v) is 2.75. The van der Waals surface area contributed by atoms with Crippen LogP contribution in [0.5, 0.6) is 0 Å². The van der Waals surface area contributed by atoms with Gasteiger partial charge in [-0.15, -0.1) is 0 Å². The van der Waals surface area contributed by atoms with Gasteiger partial charge in [0.2, 0.25) is 0 Å². The van der Waals surface area contributed by atoms with E-state index in [0.29, 0.717) is 12.6 Å². The second-order valence-corrected chi connectivity index (χ2v) is 4.61. The first-order chi connectivity index (χ1) is 5.24. The maximum absolute atomic E-state index is 11.1. The molecule has 0 amide bonds. The van der Waals surface area contributed by atoms with Crippen molar-refractivity contribution >= 4 is 10.8 Å². The first kappa shape index (κ1) is 9.16. The molecule has 0 bridgehead atoms. The minimum atomic E-state index is -0.577. The zero-order chi connectivity index (χ0) is 8.27. The van der Waals surface area contributed by atoms with Gasteiger partial charge in [-0.3, -0.25) is 9.11 Å². The third-order valence-electron chi connectivity index (χ3n) is 2.07. The van der Waals surface area contributed by atoms with Crippen LogP contribution in [0, 0.1) is 0 Å². The topological polar surface area (TPSA) is 46.3 Å². The lowest BCUT2D eigenvalue weighted by Gasteiger charge is -2.32. The van der Waals surface area contributed by atoms with E-state index in [1.54, 1.807) is 0 Å². The Morgan fingerprint density at radius 2 is 2.45 bits per heavy atom. The highest BCUT2D eigenvalue weighted by Gasteiger charge is 2.21. The maximum Gasteiger partial charge on any atom is 0.0388 e. The predicted molar refractivity (Wildman–Crippen MR) is 48.0 cm³/mol. The zero-order valence-electron chi connectivity index (χ0n) is 6.95. The number of rotatable bonds is 2. The largest absolute Gasteiger partial charge is 0.329 e. The Kier molecular flexibility index (Phi) is 3.48. The third kappa shape index (κ3) is 2.54. The average molecular weight is 176 g/mol. The lowest BCUT2D eigenvalue weighted by atomic mass is 10.3. The summed E-state index contributed by atoms with van der Waals surface area (Å²) >= 11 is 0. The van der Waals surface area contributed by atoms with Gasteiger partial charge in [0.15, 0.2) is 0 Å². The molecule has 1 rings (SSSR count). The zero-order valence-corrected chi connectivity index (χ0v) is 7.77. The molecule has 2 atom stereocenters. The fourth-order valence-electron chi connectivity index (χ4n) is 1.40. The molecule has 1 saturated heterocycles. The highest BCUT2D eigenvalue weighted by atomic mass is 32.2. The second-order valence-electron chi connectivity index (χ2n) is 2.98. The molecule has 2 N–H and O–H groups in total. The summed E-state index contributed by atoms with van der Waals surface area (Å²) in [5.74, 6) is 1.64. The van der Waals surface area contributed by atoms with Gasteiger partial charge in [-0.1, -0.05) is 0 Å². The van der Waals surface area contributed by atoms with E-state index in [1.165, 1.54) is 0 Å². The van der Waals surface area contributed by atoms with Crippen LogP contribution in [0.2, 0.25) is 0 Å². The highest BCUT2D eigenvalue weighted by molar-refractivity contribution is 7.85. The van der Waals surface area contributed by atoms with E-state index in [4.69, 9.17) is 5.73 Å². The number of hydrogen-bond donors (Lipinski definition) is 1. The van der Waals surface area contributed by atoms with Crippen molar-refractivity contribution in [3.05, 3.63) is 0 Å². The van der Waals surface area contributed by atoms with Gasteiger partial charge < -0.3 is 5.73 Å². The second kappa shape index (κ2) is 4.18. The molecule has 11 heavy (non-hydrogen) atoms. The molecule has 3 nitrogen and oxygen atoms in total. The summed E-state index contributed by atoms with van der Waals surface area (Å²) in [6.45, 7) is 4.72. The molecule has 0 aromatic rings. The van der Waals surface area contributed by atoms with Crippen LogP contribution in [0.15, 0.2) is 0 Å². The van der Waals surface area contributed by atoms with E-state index in [1.807, 2.05) is 0 Å². The van der Waals surface area contributed by atoms with Gasteiger partial charge in [-0.2, -0.15) is 0 Å². The Morgan fingerprint density at radius 1 is 1.73 bits per heavy atom. The van der Waals surface area contributed by atoms with Crippen molar-refractivity contribution in [1.29, 1.82) is 0 Å². The molecule has 1 fully saturated rings. The Hall–Kier alpha value is 0.0700. The van der Waals surface area contributed by atoms with Crippen molar-refractivity contribution in [1.82, 2.24) is 4.90 Å². The van der Waals surface area contributed by atoms with Crippen LogP contribution >= 0.6 is 0 Å². The van der Waals surface area contributed by atoms with Crippen LogP contribution in [0.4, 0.5) is 0 Å². The minimum Gasteiger partial charge on any atom is -0.329 e. The molecule has 0 aromatic carbocycles. The molecule has 66 valence electrons. The van der Waals surface area contributed by atoms with Gasteiger partial charge in [0, 0.05) is 48.0 Å². The molecule has 1 heterocycles. The van der Waals surface area contributed by atoms with Crippen LogP contribution in [0.1, 0.15) is 6.92 Å². The van der Waals surface area contributed by atoms with E-state index in [9.17, 15) is 4.21 Å². The molecule has 4 heteroatoms. The van der Waals surface area contributed by atoms with Crippen LogP contribution in [0.25, 0.3) is 0 Å². The summed E-state index contributed by atoms with van der Waals surface area (Å²) in [5.41, 5.74) is 5.44. The molecular weight excluding hydrogens is 160 g/mol. The predicted octanol–water partition coefficient (Wildman–Crippen LogP) is -0.602. The summed E-state index contributed by atoms with van der Waals surface area (Å²) in [5, 5.41) is 0. The monoisotopic (exact) mass is 176 g/mol. The molecule has 0 aromatic heterocycles. The van der Waals surface area contributed by atoms with E-state index in [0.717, 1.165) is 24.6 Å². The van der Waals surface area contributed by atoms with Crippen molar-refractivity contribution in [2.24, 2.45) is 5.73 Å². The average Bonchev–Trinajstić information content (AvgIpc) is 1.95. The van der Waals surface area contributed by atoms with Gasteiger partial charge in [0.1, 0.15) is 0 Å². The van der Waals surface area contributed by atoms with Gasteiger partial charge >= 0.3 is 0 Å². The van der Waals surface area contributed by atoms with Gasteiger partial charge in [-0.05, 0) is 6.92 Å². The molecule has 0 aliphatic carbocycles.